The Balaban J connectivity index is 2.72. The number of carbonyl (C=O) groups is 1. The predicted molar refractivity (Wildman–Crippen MR) is 72.4 cm³/mol. The van der Waals surface area contributed by atoms with Gasteiger partial charge in [0.1, 0.15) is 10.7 Å². The topological polar surface area (TPSA) is 114 Å². The third kappa shape index (κ3) is 4.66. The van der Waals surface area contributed by atoms with Gasteiger partial charge in [-0.05, 0) is 12.5 Å². The maximum Gasteiger partial charge on any atom is 0.242 e. The van der Waals surface area contributed by atoms with E-state index in [0.717, 1.165) is 0 Å². The number of halogens is 1. The Morgan fingerprint density at radius 1 is 1.53 bits per heavy atom. The lowest BCUT2D eigenvalue weighted by molar-refractivity contribution is -0.118. The first-order valence-corrected chi connectivity index (χ1v) is 7.34. The number of amides is 1. The second-order valence-electron chi connectivity index (χ2n) is 3.72. The molecular weight excluding hydrogens is 292 g/mol. The normalized spacial score (nSPS) is 11.3. The molecule has 0 bridgehead atoms. The van der Waals surface area contributed by atoms with Crippen LogP contribution in [0.1, 0.15) is 12.8 Å². The monoisotopic (exact) mass is 306 g/mol. The van der Waals surface area contributed by atoms with Gasteiger partial charge in [0.15, 0.2) is 0 Å². The highest BCUT2D eigenvalue weighted by molar-refractivity contribution is 7.89. The van der Waals surface area contributed by atoms with Crippen molar-refractivity contribution in [3.63, 3.8) is 0 Å². The van der Waals surface area contributed by atoms with E-state index in [-0.39, 0.29) is 22.9 Å². The maximum atomic E-state index is 11.9. The van der Waals surface area contributed by atoms with Crippen LogP contribution >= 0.6 is 11.6 Å². The third-order valence-corrected chi connectivity index (χ3v) is 3.97. The van der Waals surface area contributed by atoms with Crippen LogP contribution in [0.2, 0.25) is 5.02 Å². The number of anilines is 1. The molecule has 1 heterocycles. The average molecular weight is 307 g/mol. The summed E-state index contributed by atoms with van der Waals surface area (Å²) in [6, 6.07) is 1.30. The van der Waals surface area contributed by atoms with Gasteiger partial charge in [-0.2, -0.15) is 0 Å². The number of sulfonamides is 1. The minimum absolute atomic E-state index is 0.0319. The minimum Gasteiger partial charge on any atom is -0.372 e. The Hall–Kier alpha value is -1.38. The van der Waals surface area contributed by atoms with Crippen molar-refractivity contribution in [1.29, 1.82) is 0 Å². The zero-order valence-electron chi connectivity index (χ0n) is 10.3. The van der Waals surface area contributed by atoms with Crippen LogP contribution in [0.3, 0.4) is 0 Å². The Labute approximate surface area is 116 Å². The zero-order chi connectivity index (χ0) is 14.5. The zero-order valence-corrected chi connectivity index (χ0v) is 11.9. The van der Waals surface area contributed by atoms with Crippen LogP contribution in [0.25, 0.3) is 0 Å². The van der Waals surface area contributed by atoms with Gasteiger partial charge >= 0.3 is 0 Å². The molecule has 106 valence electrons. The number of pyridine rings is 1. The van der Waals surface area contributed by atoms with Crippen LogP contribution in [0, 0.1) is 0 Å². The van der Waals surface area contributed by atoms with Crippen molar-refractivity contribution in [2.24, 2.45) is 5.73 Å². The Morgan fingerprint density at radius 3 is 2.74 bits per heavy atom. The fourth-order valence-corrected chi connectivity index (χ4v) is 2.67. The lowest BCUT2D eigenvalue weighted by Gasteiger charge is -2.08. The molecule has 4 N–H and O–H groups in total. The number of hydrogen-bond donors (Lipinski definition) is 3. The standard InChI is InChI=1S/C10H15ClN4O3S/c1-13-10-8(11)5-7(6-14-10)19(17,18)15-4-2-3-9(12)16/h5-6,15H,2-4H2,1H3,(H2,12,16)(H,13,14). The number of nitrogens with two attached hydrogens (primary N) is 1. The molecule has 0 aliphatic carbocycles. The molecule has 19 heavy (non-hydrogen) atoms. The summed E-state index contributed by atoms with van der Waals surface area (Å²) in [5.41, 5.74) is 4.95. The molecule has 0 aliphatic heterocycles. The molecule has 1 aromatic rings. The van der Waals surface area contributed by atoms with Gasteiger partial charge in [0.2, 0.25) is 15.9 Å². The number of rotatable bonds is 7. The van der Waals surface area contributed by atoms with Gasteiger partial charge in [-0.1, -0.05) is 11.6 Å². The number of carbonyl (C=O) groups excluding carboxylic acids is 1. The van der Waals surface area contributed by atoms with Crippen molar-refractivity contribution in [2.75, 3.05) is 18.9 Å². The van der Waals surface area contributed by atoms with Crippen LogP contribution in [-0.2, 0) is 14.8 Å². The molecule has 0 radical (unpaired) electrons. The molecule has 0 saturated heterocycles. The SMILES string of the molecule is CNc1ncc(S(=O)(=O)NCCCC(N)=O)cc1Cl. The molecule has 0 aliphatic rings. The molecule has 0 saturated carbocycles. The van der Waals surface area contributed by atoms with E-state index in [4.69, 9.17) is 17.3 Å². The smallest absolute Gasteiger partial charge is 0.242 e. The van der Waals surface area contributed by atoms with Crippen LogP contribution in [0.5, 0.6) is 0 Å². The molecule has 1 amide bonds. The van der Waals surface area contributed by atoms with Crippen molar-refractivity contribution in [3.8, 4) is 0 Å². The van der Waals surface area contributed by atoms with E-state index < -0.39 is 15.9 Å². The number of hydrogen-bond acceptors (Lipinski definition) is 5. The van der Waals surface area contributed by atoms with E-state index in [1.54, 1.807) is 7.05 Å². The largest absolute Gasteiger partial charge is 0.372 e. The number of aromatic nitrogens is 1. The van der Waals surface area contributed by atoms with Crippen molar-refractivity contribution in [2.45, 2.75) is 17.7 Å². The van der Waals surface area contributed by atoms with Gasteiger partial charge in [-0.25, -0.2) is 18.1 Å². The molecular formula is C10H15ClN4O3S. The first-order valence-electron chi connectivity index (χ1n) is 5.48. The number of nitrogens with one attached hydrogen (secondary N) is 2. The van der Waals surface area contributed by atoms with Gasteiger partial charge in [0.25, 0.3) is 0 Å². The molecule has 0 aromatic carbocycles. The van der Waals surface area contributed by atoms with Gasteiger partial charge in [0, 0.05) is 26.2 Å². The fourth-order valence-electron chi connectivity index (χ4n) is 1.30. The Kier molecular flexibility index (Phi) is 5.52. The first-order chi connectivity index (χ1) is 8.86. The molecule has 0 spiro atoms. The summed E-state index contributed by atoms with van der Waals surface area (Å²) in [4.78, 5) is 14.4. The van der Waals surface area contributed by atoms with Crippen molar-refractivity contribution in [3.05, 3.63) is 17.3 Å². The van der Waals surface area contributed by atoms with E-state index in [0.29, 0.717) is 12.2 Å². The summed E-state index contributed by atoms with van der Waals surface area (Å²) in [6.07, 6.45) is 1.67. The quantitative estimate of drug-likeness (QED) is 0.628. The lowest BCUT2D eigenvalue weighted by Crippen LogP contribution is -2.26. The Bertz CT molecular complexity index is 562. The van der Waals surface area contributed by atoms with E-state index in [1.807, 2.05) is 0 Å². The molecule has 0 unspecified atom stereocenters. The summed E-state index contributed by atoms with van der Waals surface area (Å²) in [5.74, 6) is -0.0726. The number of nitrogens with zero attached hydrogens (tertiary/aromatic N) is 1. The first kappa shape index (κ1) is 15.7. The van der Waals surface area contributed by atoms with Gasteiger partial charge in [-0.3, -0.25) is 4.79 Å². The van der Waals surface area contributed by atoms with Gasteiger partial charge < -0.3 is 11.1 Å². The Morgan fingerprint density at radius 2 is 2.21 bits per heavy atom. The van der Waals surface area contributed by atoms with E-state index >= 15 is 0 Å². The van der Waals surface area contributed by atoms with Crippen LogP contribution in [0.4, 0.5) is 5.82 Å². The van der Waals surface area contributed by atoms with Crippen LogP contribution < -0.4 is 15.8 Å². The summed E-state index contributed by atoms with van der Waals surface area (Å²) >= 11 is 5.86. The second kappa shape index (κ2) is 6.69. The van der Waals surface area contributed by atoms with Crippen molar-refractivity contribution >= 4 is 33.3 Å². The third-order valence-electron chi connectivity index (χ3n) is 2.26. The molecule has 0 fully saturated rings. The van der Waals surface area contributed by atoms with Crippen LogP contribution in [-0.4, -0.2) is 32.9 Å². The number of primary amides is 1. The molecule has 7 nitrogen and oxygen atoms in total. The summed E-state index contributed by atoms with van der Waals surface area (Å²) in [5, 5.41) is 2.94. The second-order valence-corrected chi connectivity index (χ2v) is 5.89. The summed E-state index contributed by atoms with van der Waals surface area (Å²) < 4.78 is 26.1. The predicted octanol–water partition coefficient (Wildman–Crippen LogP) is 0.321. The van der Waals surface area contributed by atoms with Crippen LogP contribution in [0.15, 0.2) is 17.2 Å². The molecule has 0 atom stereocenters. The molecule has 1 rings (SSSR count). The van der Waals surface area contributed by atoms with Crippen molar-refractivity contribution in [1.82, 2.24) is 9.71 Å². The molecule has 9 heteroatoms. The highest BCUT2D eigenvalue weighted by atomic mass is 35.5. The average Bonchev–Trinajstić information content (AvgIpc) is 2.34. The lowest BCUT2D eigenvalue weighted by atomic mass is 10.3. The highest BCUT2D eigenvalue weighted by Gasteiger charge is 2.15. The van der Waals surface area contributed by atoms with Gasteiger partial charge in [0.05, 0.1) is 5.02 Å². The minimum atomic E-state index is -3.68. The molecule has 1 aromatic heterocycles. The van der Waals surface area contributed by atoms with Gasteiger partial charge in [-0.15, -0.1) is 0 Å². The van der Waals surface area contributed by atoms with E-state index in [1.165, 1.54) is 12.3 Å². The summed E-state index contributed by atoms with van der Waals surface area (Å²) in [6.45, 7) is 0.122. The summed E-state index contributed by atoms with van der Waals surface area (Å²) in [7, 11) is -2.05. The van der Waals surface area contributed by atoms with E-state index in [2.05, 4.69) is 15.0 Å². The highest BCUT2D eigenvalue weighted by Crippen LogP contribution is 2.21. The van der Waals surface area contributed by atoms with E-state index in [9.17, 15) is 13.2 Å². The fraction of sp³-hybridized carbons (Fsp3) is 0.400. The maximum absolute atomic E-state index is 11.9. The van der Waals surface area contributed by atoms with Crippen molar-refractivity contribution < 1.29 is 13.2 Å².